The number of nitro groups is 1. The summed E-state index contributed by atoms with van der Waals surface area (Å²) in [7, 11) is 0. The summed E-state index contributed by atoms with van der Waals surface area (Å²) in [5, 5.41) is 19.5. The van der Waals surface area contributed by atoms with Crippen molar-refractivity contribution in [2.75, 3.05) is 0 Å². The van der Waals surface area contributed by atoms with Gasteiger partial charge in [-0.25, -0.2) is 0 Å². The Morgan fingerprint density at radius 3 is 2.67 bits per heavy atom. The SMILES string of the molecule is CC(C)(SCc1cccc([N+](=O)[O-])c1F)C(=O)O. The van der Waals surface area contributed by atoms with Gasteiger partial charge >= 0.3 is 11.7 Å². The van der Waals surface area contributed by atoms with Crippen LogP contribution in [0.3, 0.4) is 0 Å². The van der Waals surface area contributed by atoms with E-state index in [1.54, 1.807) is 0 Å². The fourth-order valence-corrected chi connectivity index (χ4v) is 2.00. The first kappa shape index (κ1) is 14.4. The van der Waals surface area contributed by atoms with Crippen molar-refractivity contribution in [2.24, 2.45) is 0 Å². The smallest absolute Gasteiger partial charge is 0.319 e. The van der Waals surface area contributed by atoms with E-state index < -0.39 is 27.1 Å². The van der Waals surface area contributed by atoms with Crippen LogP contribution < -0.4 is 0 Å². The van der Waals surface area contributed by atoms with Gasteiger partial charge in [0.15, 0.2) is 0 Å². The molecule has 1 aromatic rings. The van der Waals surface area contributed by atoms with Gasteiger partial charge in [-0.2, -0.15) is 4.39 Å². The van der Waals surface area contributed by atoms with Crippen LogP contribution in [-0.4, -0.2) is 20.7 Å². The topological polar surface area (TPSA) is 80.4 Å². The normalized spacial score (nSPS) is 11.3. The zero-order chi connectivity index (χ0) is 13.9. The highest BCUT2D eigenvalue weighted by molar-refractivity contribution is 8.00. The molecule has 5 nitrogen and oxygen atoms in total. The van der Waals surface area contributed by atoms with E-state index in [0.29, 0.717) is 0 Å². The van der Waals surface area contributed by atoms with Crippen molar-refractivity contribution in [2.45, 2.75) is 24.3 Å². The van der Waals surface area contributed by atoms with Crippen LogP contribution in [0.25, 0.3) is 0 Å². The molecule has 7 heteroatoms. The maximum absolute atomic E-state index is 13.7. The molecule has 0 atom stereocenters. The van der Waals surface area contributed by atoms with Crippen molar-refractivity contribution in [1.82, 2.24) is 0 Å². The minimum absolute atomic E-state index is 0.0623. The molecule has 0 saturated heterocycles. The third kappa shape index (κ3) is 3.19. The molecule has 0 aliphatic heterocycles. The lowest BCUT2D eigenvalue weighted by Crippen LogP contribution is -2.27. The van der Waals surface area contributed by atoms with E-state index in [1.807, 2.05) is 0 Å². The summed E-state index contributed by atoms with van der Waals surface area (Å²) in [5.41, 5.74) is -0.468. The maximum Gasteiger partial charge on any atom is 0.319 e. The predicted molar refractivity (Wildman–Crippen MR) is 66.1 cm³/mol. The monoisotopic (exact) mass is 273 g/mol. The van der Waals surface area contributed by atoms with Crippen LogP contribution in [0.15, 0.2) is 18.2 Å². The number of carboxylic acid groups (broad SMARTS) is 1. The van der Waals surface area contributed by atoms with Crippen molar-refractivity contribution < 1.29 is 19.2 Å². The van der Waals surface area contributed by atoms with E-state index in [4.69, 9.17) is 5.11 Å². The maximum atomic E-state index is 13.7. The van der Waals surface area contributed by atoms with Gasteiger partial charge in [0.2, 0.25) is 5.82 Å². The first-order valence-electron chi connectivity index (χ1n) is 5.05. The van der Waals surface area contributed by atoms with Crippen LogP contribution in [0.5, 0.6) is 0 Å². The summed E-state index contributed by atoms with van der Waals surface area (Å²) in [6.45, 7) is 2.99. The third-order valence-corrected chi connectivity index (χ3v) is 3.71. The summed E-state index contributed by atoms with van der Waals surface area (Å²) in [6, 6.07) is 3.87. The van der Waals surface area contributed by atoms with Crippen molar-refractivity contribution in [3.63, 3.8) is 0 Å². The second-order valence-electron chi connectivity index (χ2n) is 4.11. The first-order chi connectivity index (χ1) is 8.25. The summed E-state index contributed by atoms with van der Waals surface area (Å²) < 4.78 is 12.6. The molecule has 0 aliphatic carbocycles. The molecule has 0 amide bonds. The number of aliphatic carboxylic acids is 1. The van der Waals surface area contributed by atoms with E-state index in [2.05, 4.69) is 0 Å². The van der Waals surface area contributed by atoms with Crippen LogP contribution in [0.1, 0.15) is 19.4 Å². The molecule has 1 N–H and O–H groups in total. The lowest BCUT2D eigenvalue weighted by Gasteiger charge is -2.18. The van der Waals surface area contributed by atoms with Gasteiger partial charge in [0.1, 0.15) is 4.75 Å². The molecule has 0 saturated carbocycles. The van der Waals surface area contributed by atoms with Gasteiger partial charge in [-0.1, -0.05) is 12.1 Å². The molecular formula is C11H12FNO4S. The Morgan fingerprint density at radius 2 is 2.17 bits per heavy atom. The summed E-state index contributed by atoms with van der Waals surface area (Å²) in [6.07, 6.45) is 0. The lowest BCUT2D eigenvalue weighted by molar-refractivity contribution is -0.387. The van der Waals surface area contributed by atoms with Crippen LogP contribution in [0, 0.1) is 15.9 Å². The van der Waals surface area contributed by atoms with Gasteiger partial charge in [0, 0.05) is 17.4 Å². The van der Waals surface area contributed by atoms with E-state index in [1.165, 1.54) is 26.0 Å². The average molecular weight is 273 g/mol. The van der Waals surface area contributed by atoms with Gasteiger partial charge in [-0.05, 0) is 13.8 Å². The second kappa shape index (κ2) is 5.34. The molecule has 0 aromatic heterocycles. The number of benzene rings is 1. The number of thioether (sulfide) groups is 1. The largest absolute Gasteiger partial charge is 0.480 e. The average Bonchev–Trinajstić information content (AvgIpc) is 2.27. The highest BCUT2D eigenvalue weighted by Gasteiger charge is 2.28. The van der Waals surface area contributed by atoms with Gasteiger partial charge in [0.05, 0.1) is 4.92 Å². The Balaban J connectivity index is 2.90. The molecule has 0 radical (unpaired) electrons. The van der Waals surface area contributed by atoms with Gasteiger partial charge in [-0.15, -0.1) is 11.8 Å². The Hall–Kier alpha value is -1.63. The molecule has 1 aromatic carbocycles. The van der Waals surface area contributed by atoms with Crippen LogP contribution in [0.2, 0.25) is 0 Å². The van der Waals surface area contributed by atoms with Crippen molar-refractivity contribution in [3.05, 3.63) is 39.7 Å². The fourth-order valence-electron chi connectivity index (χ4n) is 1.14. The van der Waals surface area contributed by atoms with Crippen LogP contribution in [0.4, 0.5) is 10.1 Å². The van der Waals surface area contributed by atoms with E-state index >= 15 is 0 Å². The van der Waals surface area contributed by atoms with Crippen LogP contribution >= 0.6 is 11.8 Å². The molecule has 0 heterocycles. The summed E-state index contributed by atoms with van der Waals surface area (Å²) in [5.74, 6) is -1.86. The molecule has 0 fully saturated rings. The van der Waals surface area contributed by atoms with Gasteiger partial charge in [-0.3, -0.25) is 14.9 Å². The number of nitro benzene ring substituents is 1. The molecule has 18 heavy (non-hydrogen) atoms. The minimum atomic E-state index is -1.07. The number of rotatable bonds is 5. The number of hydrogen-bond donors (Lipinski definition) is 1. The number of hydrogen-bond acceptors (Lipinski definition) is 4. The number of carbonyl (C=O) groups is 1. The molecule has 0 unspecified atom stereocenters. The number of carboxylic acids is 1. The van der Waals surface area contributed by atoms with E-state index in [-0.39, 0.29) is 11.3 Å². The van der Waals surface area contributed by atoms with Crippen molar-refractivity contribution >= 4 is 23.4 Å². The Bertz CT molecular complexity index is 490. The van der Waals surface area contributed by atoms with E-state index in [9.17, 15) is 19.3 Å². The molecule has 0 spiro atoms. The standard InChI is InChI=1S/C11H12FNO4S/c1-11(2,10(14)15)18-6-7-4-3-5-8(9(7)12)13(16)17/h3-5H,6H2,1-2H3,(H,14,15). The molecular weight excluding hydrogens is 261 g/mol. The van der Waals surface area contributed by atoms with Gasteiger partial charge < -0.3 is 5.11 Å². The third-order valence-electron chi connectivity index (χ3n) is 2.36. The second-order valence-corrected chi connectivity index (χ2v) is 5.71. The fraction of sp³-hybridized carbons (Fsp3) is 0.364. The quantitative estimate of drug-likeness (QED) is 0.659. The van der Waals surface area contributed by atoms with Crippen molar-refractivity contribution in [1.29, 1.82) is 0 Å². The van der Waals surface area contributed by atoms with E-state index in [0.717, 1.165) is 17.8 Å². The zero-order valence-electron chi connectivity index (χ0n) is 9.84. The Kier molecular flexibility index (Phi) is 4.28. The molecule has 1 rings (SSSR count). The zero-order valence-corrected chi connectivity index (χ0v) is 10.7. The Labute approximate surface area is 107 Å². The highest BCUT2D eigenvalue weighted by Crippen LogP contribution is 2.31. The first-order valence-corrected chi connectivity index (χ1v) is 6.03. The Morgan fingerprint density at radius 1 is 1.56 bits per heavy atom. The summed E-state index contributed by atoms with van der Waals surface area (Å²) in [4.78, 5) is 20.6. The van der Waals surface area contributed by atoms with Crippen LogP contribution in [-0.2, 0) is 10.5 Å². The lowest BCUT2D eigenvalue weighted by atomic mass is 10.2. The van der Waals surface area contributed by atoms with Gasteiger partial charge in [0.25, 0.3) is 0 Å². The molecule has 98 valence electrons. The molecule has 0 bridgehead atoms. The minimum Gasteiger partial charge on any atom is -0.480 e. The summed E-state index contributed by atoms with van der Waals surface area (Å²) >= 11 is 1.01. The number of nitrogens with zero attached hydrogens (tertiary/aromatic N) is 1. The number of halogens is 1. The van der Waals surface area contributed by atoms with Crippen molar-refractivity contribution in [3.8, 4) is 0 Å². The highest BCUT2D eigenvalue weighted by atomic mass is 32.2. The predicted octanol–water partition coefficient (Wildman–Crippen LogP) is 2.83. The molecule has 0 aliphatic rings.